The molecule has 1 fully saturated rings. The molecule has 0 bridgehead atoms. The molecule has 1 saturated heterocycles. The van der Waals surface area contributed by atoms with Gasteiger partial charge in [-0.1, -0.05) is 0 Å². The van der Waals surface area contributed by atoms with E-state index in [0.29, 0.717) is 6.42 Å². The van der Waals surface area contributed by atoms with Crippen LogP contribution in [0.5, 0.6) is 0 Å². The SMILES string of the molecule is CNC(=O)N[C@@H]1CCS(=O)(=O)C1. The predicted octanol–water partition coefficient (Wildman–Crippen LogP) is -0.897. The molecule has 70 valence electrons. The maximum absolute atomic E-state index is 10.9. The van der Waals surface area contributed by atoms with E-state index in [1.165, 1.54) is 7.05 Å². The molecule has 12 heavy (non-hydrogen) atoms. The molecule has 0 spiro atoms. The van der Waals surface area contributed by atoms with Crippen molar-refractivity contribution in [2.75, 3.05) is 18.6 Å². The van der Waals surface area contributed by atoms with Crippen LogP contribution in [0.1, 0.15) is 6.42 Å². The average molecular weight is 192 g/mol. The lowest BCUT2D eigenvalue weighted by Crippen LogP contribution is -2.41. The van der Waals surface area contributed by atoms with Crippen LogP contribution >= 0.6 is 0 Å². The first-order chi connectivity index (χ1) is 5.53. The van der Waals surface area contributed by atoms with Gasteiger partial charge in [-0.3, -0.25) is 0 Å². The maximum atomic E-state index is 10.9. The minimum atomic E-state index is -2.89. The van der Waals surface area contributed by atoms with E-state index in [1.807, 2.05) is 0 Å². The lowest BCUT2D eigenvalue weighted by Gasteiger charge is -2.08. The summed E-state index contributed by atoms with van der Waals surface area (Å²) in [4.78, 5) is 10.8. The van der Waals surface area contributed by atoms with E-state index in [0.717, 1.165) is 0 Å². The summed E-state index contributed by atoms with van der Waals surface area (Å²) in [5.74, 6) is 0.252. The molecule has 0 aromatic rings. The van der Waals surface area contributed by atoms with Gasteiger partial charge < -0.3 is 10.6 Å². The van der Waals surface area contributed by atoms with Gasteiger partial charge in [-0.15, -0.1) is 0 Å². The summed E-state index contributed by atoms with van der Waals surface area (Å²) < 4.78 is 21.9. The van der Waals surface area contributed by atoms with Gasteiger partial charge in [0.05, 0.1) is 11.5 Å². The van der Waals surface area contributed by atoms with Gasteiger partial charge in [-0.05, 0) is 6.42 Å². The Kier molecular flexibility index (Phi) is 2.56. The highest BCUT2D eigenvalue weighted by atomic mass is 32.2. The van der Waals surface area contributed by atoms with Crippen LogP contribution in [-0.2, 0) is 9.84 Å². The molecule has 0 aliphatic carbocycles. The molecule has 1 heterocycles. The Morgan fingerprint density at radius 3 is 2.58 bits per heavy atom. The highest BCUT2D eigenvalue weighted by Gasteiger charge is 2.28. The standard InChI is InChI=1S/C6H12N2O3S/c1-7-6(9)8-5-2-3-12(10,11)4-5/h5H,2-4H2,1H3,(H2,7,8,9)/t5-/m1/s1. The van der Waals surface area contributed by atoms with E-state index in [1.54, 1.807) is 0 Å². The Balaban J connectivity index is 2.43. The van der Waals surface area contributed by atoms with E-state index in [-0.39, 0.29) is 23.6 Å². The van der Waals surface area contributed by atoms with Gasteiger partial charge >= 0.3 is 6.03 Å². The van der Waals surface area contributed by atoms with Crippen molar-refractivity contribution >= 4 is 15.9 Å². The molecular weight excluding hydrogens is 180 g/mol. The third kappa shape index (κ3) is 2.37. The van der Waals surface area contributed by atoms with Crippen molar-refractivity contribution in [1.29, 1.82) is 0 Å². The molecule has 1 atom stereocenters. The highest BCUT2D eigenvalue weighted by Crippen LogP contribution is 2.10. The van der Waals surface area contributed by atoms with Crippen LogP contribution in [-0.4, -0.2) is 39.0 Å². The molecule has 6 heteroatoms. The van der Waals surface area contributed by atoms with E-state index in [9.17, 15) is 13.2 Å². The Hall–Kier alpha value is -0.780. The number of sulfone groups is 1. The summed E-state index contributed by atoms with van der Waals surface area (Å²) in [5.41, 5.74) is 0. The first-order valence-corrected chi connectivity index (χ1v) is 5.54. The van der Waals surface area contributed by atoms with Gasteiger partial charge in [0, 0.05) is 13.1 Å². The fraction of sp³-hybridized carbons (Fsp3) is 0.833. The zero-order valence-corrected chi connectivity index (χ0v) is 7.65. The number of rotatable bonds is 1. The maximum Gasteiger partial charge on any atom is 0.314 e. The van der Waals surface area contributed by atoms with Crippen molar-refractivity contribution < 1.29 is 13.2 Å². The first kappa shape index (κ1) is 9.31. The molecule has 5 nitrogen and oxygen atoms in total. The third-order valence-electron chi connectivity index (χ3n) is 1.79. The van der Waals surface area contributed by atoms with Crippen molar-refractivity contribution in [2.45, 2.75) is 12.5 Å². The summed E-state index contributed by atoms with van der Waals surface area (Å²) in [6, 6.07) is -0.535. The Morgan fingerprint density at radius 1 is 1.50 bits per heavy atom. The fourth-order valence-corrected chi connectivity index (χ4v) is 2.84. The molecule has 2 amide bonds. The van der Waals surface area contributed by atoms with Gasteiger partial charge in [0.2, 0.25) is 0 Å². The average Bonchev–Trinajstić information content (AvgIpc) is 2.30. The summed E-state index contributed by atoms with van der Waals surface area (Å²) in [6.07, 6.45) is 0.524. The minimum Gasteiger partial charge on any atom is -0.341 e. The van der Waals surface area contributed by atoms with Crippen LogP contribution in [0.3, 0.4) is 0 Å². The number of amides is 2. The molecule has 1 aliphatic rings. The number of carbonyl (C=O) groups excluding carboxylic acids is 1. The Morgan fingerprint density at radius 2 is 2.17 bits per heavy atom. The zero-order chi connectivity index (χ0) is 9.19. The van der Waals surface area contributed by atoms with Crippen LogP contribution < -0.4 is 10.6 Å². The molecule has 2 N–H and O–H groups in total. The summed E-state index contributed by atoms with van der Waals surface area (Å²) >= 11 is 0. The van der Waals surface area contributed by atoms with Crippen molar-refractivity contribution in [1.82, 2.24) is 10.6 Å². The van der Waals surface area contributed by atoms with Crippen molar-refractivity contribution in [2.24, 2.45) is 0 Å². The quantitative estimate of drug-likeness (QED) is 0.565. The van der Waals surface area contributed by atoms with E-state index in [2.05, 4.69) is 10.6 Å². The number of hydrogen-bond acceptors (Lipinski definition) is 3. The largest absolute Gasteiger partial charge is 0.341 e. The molecule has 0 radical (unpaired) electrons. The smallest absolute Gasteiger partial charge is 0.314 e. The van der Waals surface area contributed by atoms with Crippen LogP contribution in [0.2, 0.25) is 0 Å². The third-order valence-corrected chi connectivity index (χ3v) is 3.56. The van der Waals surface area contributed by atoms with Crippen molar-refractivity contribution in [3.63, 3.8) is 0 Å². The normalized spacial score (nSPS) is 26.6. The number of carbonyl (C=O) groups is 1. The van der Waals surface area contributed by atoms with Crippen molar-refractivity contribution in [3.05, 3.63) is 0 Å². The predicted molar refractivity (Wildman–Crippen MR) is 44.7 cm³/mol. The van der Waals surface area contributed by atoms with E-state index in [4.69, 9.17) is 0 Å². The van der Waals surface area contributed by atoms with Crippen LogP contribution in [0, 0.1) is 0 Å². The van der Waals surface area contributed by atoms with Crippen LogP contribution in [0.25, 0.3) is 0 Å². The fourth-order valence-electron chi connectivity index (χ4n) is 1.17. The van der Waals surface area contributed by atoms with Crippen LogP contribution in [0.15, 0.2) is 0 Å². The second kappa shape index (κ2) is 3.30. The second-order valence-electron chi connectivity index (χ2n) is 2.82. The topological polar surface area (TPSA) is 75.3 Å². The number of urea groups is 1. The Labute approximate surface area is 71.4 Å². The molecule has 1 rings (SSSR count). The van der Waals surface area contributed by atoms with Gasteiger partial charge in [0.25, 0.3) is 0 Å². The highest BCUT2D eigenvalue weighted by molar-refractivity contribution is 7.91. The van der Waals surface area contributed by atoms with Crippen molar-refractivity contribution in [3.8, 4) is 0 Å². The van der Waals surface area contributed by atoms with E-state index < -0.39 is 9.84 Å². The lowest BCUT2D eigenvalue weighted by molar-refractivity contribution is 0.240. The summed E-state index contributed by atoms with van der Waals surface area (Å²) in [6.45, 7) is 0. The monoisotopic (exact) mass is 192 g/mol. The first-order valence-electron chi connectivity index (χ1n) is 3.72. The second-order valence-corrected chi connectivity index (χ2v) is 5.05. The van der Waals surface area contributed by atoms with Gasteiger partial charge in [0.15, 0.2) is 9.84 Å². The molecule has 0 saturated carbocycles. The molecule has 0 aromatic heterocycles. The molecule has 0 aromatic carbocycles. The molecule has 0 unspecified atom stereocenters. The van der Waals surface area contributed by atoms with Gasteiger partial charge in [-0.2, -0.15) is 0 Å². The van der Waals surface area contributed by atoms with E-state index >= 15 is 0 Å². The lowest BCUT2D eigenvalue weighted by atomic mass is 10.3. The van der Waals surface area contributed by atoms with Gasteiger partial charge in [0.1, 0.15) is 0 Å². The summed E-state index contributed by atoms with van der Waals surface area (Å²) in [7, 11) is -1.39. The number of nitrogens with one attached hydrogen (secondary N) is 2. The van der Waals surface area contributed by atoms with Gasteiger partial charge in [-0.25, -0.2) is 13.2 Å². The molecule has 1 aliphatic heterocycles. The summed E-state index contributed by atoms with van der Waals surface area (Å²) in [5, 5.41) is 4.93. The van der Waals surface area contributed by atoms with Crippen LogP contribution in [0.4, 0.5) is 4.79 Å². The zero-order valence-electron chi connectivity index (χ0n) is 6.83. The number of hydrogen-bond donors (Lipinski definition) is 2. The molecular formula is C6H12N2O3S. The minimum absolute atomic E-state index is 0.0699. The Bertz CT molecular complexity index is 273.